The fourth-order valence-corrected chi connectivity index (χ4v) is 3.03. The van der Waals surface area contributed by atoms with Crippen molar-refractivity contribution in [2.24, 2.45) is 10.7 Å². The summed E-state index contributed by atoms with van der Waals surface area (Å²) < 4.78 is 5.41. The molecule has 146 valence electrons. The predicted molar refractivity (Wildman–Crippen MR) is 112 cm³/mol. The zero-order valence-electron chi connectivity index (χ0n) is 15.9. The van der Waals surface area contributed by atoms with Gasteiger partial charge in [-0.3, -0.25) is 4.99 Å². The van der Waals surface area contributed by atoms with Crippen LogP contribution in [0.15, 0.2) is 4.99 Å². The Bertz CT molecular complexity index is 439. The highest BCUT2D eigenvalue weighted by molar-refractivity contribution is 14.0. The predicted octanol–water partition coefficient (Wildman–Crippen LogP) is 1.96. The number of hydrogen-bond donors (Lipinski definition) is 1. The van der Waals surface area contributed by atoms with Gasteiger partial charge in [0.25, 0.3) is 0 Å². The second-order valence-corrected chi connectivity index (χ2v) is 7.60. The van der Waals surface area contributed by atoms with Crippen molar-refractivity contribution in [2.75, 3.05) is 52.4 Å². The van der Waals surface area contributed by atoms with Crippen LogP contribution in [-0.4, -0.2) is 84.7 Å². The van der Waals surface area contributed by atoms with Crippen LogP contribution in [0.4, 0.5) is 4.79 Å². The summed E-state index contributed by atoms with van der Waals surface area (Å²) in [6.07, 6.45) is 3.70. The van der Waals surface area contributed by atoms with Crippen LogP contribution in [0.25, 0.3) is 0 Å². The zero-order valence-corrected chi connectivity index (χ0v) is 18.2. The molecule has 0 spiro atoms. The first-order chi connectivity index (χ1) is 11.3. The second-order valence-electron chi connectivity index (χ2n) is 7.60. The monoisotopic (exact) mass is 467 g/mol. The molecular formula is C17H34IN5O2. The Morgan fingerprint density at radius 3 is 2.12 bits per heavy atom. The van der Waals surface area contributed by atoms with Gasteiger partial charge in [0.1, 0.15) is 5.60 Å². The molecule has 0 unspecified atom stereocenters. The maximum Gasteiger partial charge on any atom is 0.410 e. The number of nitrogens with zero attached hydrogens (tertiary/aromatic N) is 4. The van der Waals surface area contributed by atoms with E-state index in [4.69, 9.17) is 10.5 Å². The third kappa shape index (κ3) is 7.98. The number of likely N-dealkylation sites (tertiary alicyclic amines) is 1. The Morgan fingerprint density at radius 2 is 1.56 bits per heavy atom. The third-order valence-corrected chi connectivity index (χ3v) is 4.39. The van der Waals surface area contributed by atoms with E-state index in [2.05, 4.69) is 14.8 Å². The zero-order chi connectivity index (χ0) is 17.6. The molecule has 1 amide bonds. The van der Waals surface area contributed by atoms with Gasteiger partial charge in [-0.1, -0.05) is 6.42 Å². The number of piperidine rings is 1. The quantitative estimate of drug-likeness (QED) is 0.390. The number of guanidine groups is 1. The molecule has 0 atom stereocenters. The molecule has 0 aromatic heterocycles. The van der Waals surface area contributed by atoms with E-state index < -0.39 is 5.60 Å². The van der Waals surface area contributed by atoms with Crippen LogP contribution < -0.4 is 5.73 Å². The molecule has 25 heavy (non-hydrogen) atoms. The minimum atomic E-state index is -0.455. The van der Waals surface area contributed by atoms with Crippen LogP contribution >= 0.6 is 24.0 Å². The first-order valence-electron chi connectivity index (χ1n) is 9.10. The van der Waals surface area contributed by atoms with Crippen LogP contribution in [-0.2, 0) is 4.74 Å². The average Bonchev–Trinajstić information content (AvgIpc) is 2.54. The summed E-state index contributed by atoms with van der Waals surface area (Å²) >= 11 is 0. The summed E-state index contributed by atoms with van der Waals surface area (Å²) in [4.78, 5) is 22.8. The lowest BCUT2D eigenvalue weighted by Crippen LogP contribution is -2.53. The van der Waals surface area contributed by atoms with Gasteiger partial charge in [0.2, 0.25) is 0 Å². The lowest BCUT2D eigenvalue weighted by atomic mass is 10.1. The fourth-order valence-electron chi connectivity index (χ4n) is 3.03. The molecule has 0 aliphatic carbocycles. The van der Waals surface area contributed by atoms with E-state index in [-0.39, 0.29) is 30.1 Å². The Hall–Kier alpha value is -0.770. The number of piperazine rings is 1. The smallest absolute Gasteiger partial charge is 0.410 e. The molecule has 2 N–H and O–H groups in total. The molecule has 0 bridgehead atoms. The Morgan fingerprint density at radius 1 is 1.00 bits per heavy atom. The molecule has 0 saturated carbocycles. The van der Waals surface area contributed by atoms with Crippen molar-refractivity contribution in [1.82, 2.24) is 14.7 Å². The lowest BCUT2D eigenvalue weighted by molar-refractivity contribution is 0.0186. The van der Waals surface area contributed by atoms with E-state index in [0.29, 0.717) is 32.1 Å². The standard InChI is InChI=1S/C17H33N5O2.HI/c1-17(2,3)24-16(23)22-13-11-21(12-14-22)15(18)19-7-10-20-8-5-4-6-9-20;/h4-14H2,1-3H3,(H2,18,19);1H. The van der Waals surface area contributed by atoms with Crippen LogP contribution in [0.1, 0.15) is 40.0 Å². The molecular weight excluding hydrogens is 433 g/mol. The van der Waals surface area contributed by atoms with Gasteiger partial charge in [0.05, 0.1) is 6.54 Å². The number of amides is 1. The Labute approximate surface area is 169 Å². The van der Waals surface area contributed by atoms with E-state index >= 15 is 0 Å². The SMILES string of the molecule is CC(C)(C)OC(=O)N1CCN(C(N)=NCCN2CCCCC2)CC1.I. The van der Waals surface area contributed by atoms with Gasteiger partial charge in [-0.2, -0.15) is 0 Å². The minimum absolute atomic E-state index is 0. The number of aliphatic imine (C=N–C) groups is 1. The first kappa shape index (κ1) is 22.3. The summed E-state index contributed by atoms with van der Waals surface area (Å²) in [6.45, 7) is 12.4. The summed E-state index contributed by atoms with van der Waals surface area (Å²) in [6, 6.07) is 0. The third-order valence-electron chi connectivity index (χ3n) is 4.39. The van der Waals surface area contributed by atoms with Crippen molar-refractivity contribution >= 4 is 36.0 Å². The minimum Gasteiger partial charge on any atom is -0.444 e. The van der Waals surface area contributed by atoms with Crippen LogP contribution in [0.3, 0.4) is 0 Å². The van der Waals surface area contributed by atoms with Crippen molar-refractivity contribution in [1.29, 1.82) is 0 Å². The van der Waals surface area contributed by atoms with Crippen molar-refractivity contribution in [3.63, 3.8) is 0 Å². The number of hydrogen-bond acceptors (Lipinski definition) is 4. The van der Waals surface area contributed by atoms with E-state index in [0.717, 1.165) is 13.1 Å². The van der Waals surface area contributed by atoms with Crippen LogP contribution in [0.5, 0.6) is 0 Å². The van der Waals surface area contributed by atoms with Gasteiger partial charge >= 0.3 is 6.09 Å². The van der Waals surface area contributed by atoms with Gasteiger partial charge in [-0.25, -0.2) is 4.79 Å². The molecule has 2 aliphatic heterocycles. The maximum atomic E-state index is 12.1. The number of halogens is 1. The molecule has 0 aromatic rings. The molecule has 2 rings (SSSR count). The average molecular weight is 467 g/mol. The number of rotatable bonds is 3. The topological polar surface area (TPSA) is 74.4 Å². The van der Waals surface area contributed by atoms with E-state index in [1.165, 1.54) is 32.4 Å². The van der Waals surface area contributed by atoms with Gasteiger partial charge in [-0.05, 0) is 46.7 Å². The van der Waals surface area contributed by atoms with E-state index in [9.17, 15) is 4.79 Å². The Kier molecular flexibility index (Phi) is 9.26. The normalized spacial score (nSPS) is 20.2. The first-order valence-corrected chi connectivity index (χ1v) is 9.10. The molecule has 2 fully saturated rings. The molecule has 0 radical (unpaired) electrons. The second kappa shape index (κ2) is 10.4. The molecule has 8 heteroatoms. The molecule has 2 aliphatic rings. The highest BCUT2D eigenvalue weighted by Gasteiger charge is 2.26. The number of nitrogens with two attached hydrogens (primary N) is 1. The molecule has 0 aromatic carbocycles. The largest absolute Gasteiger partial charge is 0.444 e. The van der Waals surface area contributed by atoms with Gasteiger partial charge in [0.15, 0.2) is 5.96 Å². The fraction of sp³-hybridized carbons (Fsp3) is 0.882. The summed E-state index contributed by atoms with van der Waals surface area (Å²) in [7, 11) is 0. The summed E-state index contributed by atoms with van der Waals surface area (Å²) in [5, 5.41) is 0. The number of carbonyl (C=O) groups excluding carboxylic acids is 1. The van der Waals surface area contributed by atoms with Crippen molar-refractivity contribution in [2.45, 2.75) is 45.6 Å². The Balaban J connectivity index is 0.00000312. The lowest BCUT2D eigenvalue weighted by Gasteiger charge is -2.36. The maximum absolute atomic E-state index is 12.1. The number of carbonyl (C=O) groups is 1. The van der Waals surface area contributed by atoms with E-state index in [1.54, 1.807) is 4.90 Å². The summed E-state index contributed by atoms with van der Waals surface area (Å²) in [5.74, 6) is 0.593. The molecule has 2 saturated heterocycles. The molecule has 2 heterocycles. The highest BCUT2D eigenvalue weighted by atomic mass is 127. The van der Waals surface area contributed by atoms with Gasteiger partial charge in [-0.15, -0.1) is 24.0 Å². The highest BCUT2D eigenvalue weighted by Crippen LogP contribution is 2.12. The van der Waals surface area contributed by atoms with Gasteiger partial charge in [0, 0.05) is 32.7 Å². The summed E-state index contributed by atoms with van der Waals surface area (Å²) in [5.41, 5.74) is 5.65. The van der Waals surface area contributed by atoms with Gasteiger partial charge < -0.3 is 25.2 Å². The number of ether oxygens (including phenoxy) is 1. The van der Waals surface area contributed by atoms with Crippen molar-refractivity contribution < 1.29 is 9.53 Å². The van der Waals surface area contributed by atoms with Crippen LogP contribution in [0.2, 0.25) is 0 Å². The van der Waals surface area contributed by atoms with Crippen LogP contribution in [0, 0.1) is 0 Å². The molecule has 7 nitrogen and oxygen atoms in total. The van der Waals surface area contributed by atoms with Crippen molar-refractivity contribution in [3.8, 4) is 0 Å². The van der Waals surface area contributed by atoms with Crippen molar-refractivity contribution in [3.05, 3.63) is 0 Å². The van der Waals surface area contributed by atoms with E-state index in [1.807, 2.05) is 20.8 Å².